The first kappa shape index (κ1) is 14.5. The Hall–Kier alpha value is 1.45. The van der Waals surface area contributed by atoms with Crippen LogP contribution in [-0.4, -0.2) is 31.4 Å². The van der Waals surface area contributed by atoms with Crippen LogP contribution in [0.1, 0.15) is 25.7 Å². The summed E-state index contributed by atoms with van der Waals surface area (Å²) in [5, 5.41) is 0. The monoisotopic (exact) mass is 245 g/mol. The van der Waals surface area contributed by atoms with E-state index in [1.165, 1.54) is 0 Å². The minimum Gasteiger partial charge on any atom is -0.448 e. The molecule has 2 aliphatic rings. The topological polar surface area (TPSA) is 3.24 Å². The van der Waals surface area contributed by atoms with E-state index in [0.29, 0.717) is 24.9 Å². The van der Waals surface area contributed by atoms with Crippen LogP contribution in [0.5, 0.6) is 0 Å². The van der Waals surface area contributed by atoms with E-state index in [9.17, 15) is 12.9 Å². The van der Waals surface area contributed by atoms with Crippen LogP contribution in [0.25, 0.3) is 0 Å². The van der Waals surface area contributed by atoms with Crippen molar-refractivity contribution in [3.8, 4) is 0 Å². The van der Waals surface area contributed by atoms with E-state index in [0.717, 1.165) is 25.7 Å². The van der Waals surface area contributed by atoms with Crippen molar-refractivity contribution < 1.29 is 64.3 Å². The van der Waals surface area contributed by atoms with Crippen molar-refractivity contribution in [2.75, 3.05) is 19.5 Å². The van der Waals surface area contributed by atoms with E-state index in [-0.39, 0.29) is 51.4 Å². The molecule has 0 N–H and O–H groups in total. The molecule has 0 aliphatic heterocycles. The first-order valence-electron chi connectivity index (χ1n) is 5.46. The molecular formula is C9H16BF3KN. The fraction of sp³-hybridized carbons (Fsp3) is 1.00. The summed E-state index contributed by atoms with van der Waals surface area (Å²) in [5.74, 6) is 1.12. The van der Waals surface area contributed by atoms with Crippen molar-refractivity contribution in [3.63, 3.8) is 0 Å². The Morgan fingerprint density at radius 1 is 0.933 bits per heavy atom. The fourth-order valence-electron chi connectivity index (χ4n) is 1.85. The zero-order chi connectivity index (χ0) is 10.2. The molecule has 0 radical (unpaired) electrons. The Morgan fingerprint density at radius 2 is 1.33 bits per heavy atom. The first-order chi connectivity index (χ1) is 6.53. The summed E-state index contributed by atoms with van der Waals surface area (Å²) in [7, 11) is 0. The maximum atomic E-state index is 12.3. The molecule has 2 rings (SSSR count). The maximum Gasteiger partial charge on any atom is 1.00 e. The van der Waals surface area contributed by atoms with Gasteiger partial charge in [0.25, 0.3) is 0 Å². The van der Waals surface area contributed by atoms with Crippen molar-refractivity contribution in [2.24, 2.45) is 11.8 Å². The molecule has 2 fully saturated rings. The van der Waals surface area contributed by atoms with E-state index in [1.54, 1.807) is 4.90 Å². The van der Waals surface area contributed by atoms with Gasteiger partial charge in [0.15, 0.2) is 0 Å². The van der Waals surface area contributed by atoms with Crippen LogP contribution in [-0.2, 0) is 0 Å². The van der Waals surface area contributed by atoms with Crippen LogP contribution in [0, 0.1) is 11.8 Å². The summed E-state index contributed by atoms with van der Waals surface area (Å²) in [4.78, 5) is 1.63. The molecule has 0 saturated heterocycles. The standard InChI is InChI=1S/C9H16BF3N.K/c11-10(12,13)7-14(5-8-1-2-8)6-9-3-4-9;/h8-9H,1-7H2;/q-1;+1. The minimum absolute atomic E-state index is 0. The summed E-state index contributed by atoms with van der Waals surface area (Å²) in [6, 6.07) is 0. The van der Waals surface area contributed by atoms with Gasteiger partial charge >= 0.3 is 58.4 Å². The number of hydrogen-bond donors (Lipinski definition) is 0. The van der Waals surface area contributed by atoms with E-state index in [1.807, 2.05) is 0 Å². The zero-order valence-corrected chi connectivity index (χ0v) is 12.4. The predicted octanol–water partition coefficient (Wildman–Crippen LogP) is -0.501. The average Bonchev–Trinajstić information content (AvgIpc) is 2.77. The van der Waals surface area contributed by atoms with E-state index in [4.69, 9.17) is 0 Å². The molecule has 0 aromatic heterocycles. The van der Waals surface area contributed by atoms with Gasteiger partial charge in [0, 0.05) is 0 Å². The Balaban J connectivity index is 0.00000112. The molecule has 0 spiro atoms. The van der Waals surface area contributed by atoms with Crippen molar-refractivity contribution in [1.82, 2.24) is 4.90 Å². The van der Waals surface area contributed by atoms with Crippen LogP contribution in [0.2, 0.25) is 0 Å². The van der Waals surface area contributed by atoms with Gasteiger partial charge in [0.1, 0.15) is 0 Å². The molecular weight excluding hydrogens is 229 g/mol. The van der Waals surface area contributed by atoms with Crippen molar-refractivity contribution in [1.29, 1.82) is 0 Å². The van der Waals surface area contributed by atoms with Crippen LogP contribution in [0.3, 0.4) is 0 Å². The predicted molar refractivity (Wildman–Crippen MR) is 51.0 cm³/mol. The SMILES string of the molecule is F[B-](F)(F)CN(CC1CC1)CC1CC1.[K+]. The molecule has 0 bridgehead atoms. The molecule has 0 atom stereocenters. The zero-order valence-electron chi connectivity index (χ0n) is 9.26. The van der Waals surface area contributed by atoms with Gasteiger partial charge < -0.3 is 17.8 Å². The molecule has 1 nitrogen and oxygen atoms in total. The minimum atomic E-state index is -4.63. The molecule has 0 aromatic carbocycles. The molecule has 2 saturated carbocycles. The molecule has 2 aliphatic carbocycles. The Kier molecular flexibility index (Phi) is 5.68. The molecule has 6 heteroatoms. The third-order valence-electron chi connectivity index (χ3n) is 2.89. The Bertz CT molecular complexity index is 190. The maximum absolute atomic E-state index is 12.3. The molecule has 15 heavy (non-hydrogen) atoms. The van der Waals surface area contributed by atoms with E-state index in [2.05, 4.69) is 0 Å². The second-order valence-electron chi connectivity index (χ2n) is 4.82. The van der Waals surface area contributed by atoms with Crippen LogP contribution in [0.15, 0.2) is 0 Å². The van der Waals surface area contributed by atoms with Crippen molar-refractivity contribution in [3.05, 3.63) is 0 Å². The molecule has 0 amide bonds. The van der Waals surface area contributed by atoms with Crippen molar-refractivity contribution >= 4 is 6.98 Å². The summed E-state index contributed by atoms with van der Waals surface area (Å²) in [6.45, 7) is -3.27. The fourth-order valence-corrected chi connectivity index (χ4v) is 1.85. The second kappa shape index (κ2) is 5.87. The Morgan fingerprint density at radius 3 is 1.60 bits per heavy atom. The smallest absolute Gasteiger partial charge is 0.448 e. The summed E-state index contributed by atoms with van der Waals surface area (Å²) >= 11 is 0. The molecule has 82 valence electrons. The van der Waals surface area contributed by atoms with Crippen LogP contribution < -0.4 is 51.4 Å². The van der Waals surface area contributed by atoms with Gasteiger partial charge in [-0.05, 0) is 57.1 Å². The van der Waals surface area contributed by atoms with Crippen molar-refractivity contribution in [2.45, 2.75) is 25.7 Å². The molecule has 0 unspecified atom stereocenters. The summed E-state index contributed by atoms with van der Waals surface area (Å²) in [6.07, 6.45) is 3.88. The quantitative estimate of drug-likeness (QED) is 0.570. The second-order valence-corrected chi connectivity index (χ2v) is 4.82. The normalized spacial score (nSPS) is 21.6. The summed E-state index contributed by atoms with van der Waals surface area (Å²) in [5.41, 5.74) is 0. The van der Waals surface area contributed by atoms with Gasteiger partial charge in [-0.25, -0.2) is 0 Å². The van der Waals surface area contributed by atoms with E-state index < -0.39 is 13.4 Å². The number of hydrogen-bond acceptors (Lipinski definition) is 1. The molecule has 0 aromatic rings. The van der Waals surface area contributed by atoms with Gasteiger partial charge in [-0.3, -0.25) is 0 Å². The Labute approximate surface area is 132 Å². The average molecular weight is 245 g/mol. The van der Waals surface area contributed by atoms with E-state index >= 15 is 0 Å². The number of rotatable bonds is 6. The van der Waals surface area contributed by atoms with Crippen LogP contribution in [0.4, 0.5) is 12.9 Å². The van der Waals surface area contributed by atoms with Gasteiger partial charge in [0.05, 0.1) is 0 Å². The van der Waals surface area contributed by atoms with Gasteiger partial charge in [-0.1, -0.05) is 0 Å². The largest absolute Gasteiger partial charge is 1.00 e. The third kappa shape index (κ3) is 6.68. The van der Waals surface area contributed by atoms with Gasteiger partial charge in [-0.2, -0.15) is 0 Å². The van der Waals surface area contributed by atoms with Gasteiger partial charge in [0.2, 0.25) is 0 Å². The van der Waals surface area contributed by atoms with Crippen LogP contribution >= 0.6 is 0 Å². The third-order valence-corrected chi connectivity index (χ3v) is 2.89. The molecule has 0 heterocycles. The number of nitrogens with zero attached hydrogens (tertiary/aromatic N) is 1. The first-order valence-corrected chi connectivity index (χ1v) is 5.46. The van der Waals surface area contributed by atoms with Gasteiger partial charge in [-0.15, -0.1) is 0 Å². The summed E-state index contributed by atoms with van der Waals surface area (Å²) < 4.78 is 36.8. The number of halogens is 3.